The second-order valence-electron chi connectivity index (χ2n) is 6.48. The summed E-state index contributed by atoms with van der Waals surface area (Å²) in [7, 11) is 0. The summed E-state index contributed by atoms with van der Waals surface area (Å²) in [5.41, 5.74) is 1.86. The van der Waals surface area contributed by atoms with Gasteiger partial charge in [0, 0.05) is 29.6 Å². The van der Waals surface area contributed by atoms with E-state index in [9.17, 15) is 9.18 Å². The van der Waals surface area contributed by atoms with E-state index in [-0.39, 0.29) is 29.9 Å². The zero-order chi connectivity index (χ0) is 20.2. The average molecular weight is 394 g/mol. The first kappa shape index (κ1) is 18.7. The second kappa shape index (κ2) is 8.14. The van der Waals surface area contributed by atoms with Crippen molar-refractivity contribution < 1.29 is 18.7 Å². The van der Waals surface area contributed by atoms with Crippen LogP contribution in [-0.4, -0.2) is 29.1 Å². The Hall–Kier alpha value is -3.68. The molecule has 0 aliphatic carbocycles. The number of amides is 1. The molecule has 0 saturated carbocycles. The number of carbonyl (C=O) groups excluding carboxylic acids is 1. The number of benzene rings is 2. The Bertz CT molecular complexity index is 1060. The van der Waals surface area contributed by atoms with Crippen LogP contribution < -0.4 is 20.1 Å². The van der Waals surface area contributed by atoms with E-state index >= 15 is 0 Å². The molecule has 2 aromatic carbocycles. The van der Waals surface area contributed by atoms with Crippen LogP contribution in [0.1, 0.15) is 21.7 Å². The molecule has 0 spiro atoms. The van der Waals surface area contributed by atoms with Crippen molar-refractivity contribution in [1.82, 2.24) is 9.97 Å². The normalized spacial score (nSPS) is 12.3. The van der Waals surface area contributed by atoms with Gasteiger partial charge in [0.05, 0.1) is 0 Å². The van der Waals surface area contributed by atoms with Gasteiger partial charge in [-0.3, -0.25) is 4.79 Å². The summed E-state index contributed by atoms with van der Waals surface area (Å²) in [5, 5.41) is 5.76. The highest BCUT2D eigenvalue weighted by atomic mass is 19.1. The number of aromatic nitrogens is 2. The molecule has 1 amide bonds. The van der Waals surface area contributed by atoms with Crippen LogP contribution in [0.15, 0.2) is 48.5 Å². The molecule has 148 valence electrons. The number of carbonyl (C=O) groups is 1. The lowest BCUT2D eigenvalue weighted by Crippen LogP contribution is -2.18. The lowest BCUT2D eigenvalue weighted by Gasteiger charge is -2.19. The minimum absolute atomic E-state index is 0.198. The molecule has 4 rings (SSSR count). The number of nitrogens with one attached hydrogen (secondary N) is 2. The number of anilines is 2. The van der Waals surface area contributed by atoms with Crippen LogP contribution in [0.5, 0.6) is 11.5 Å². The molecule has 0 saturated heterocycles. The third kappa shape index (κ3) is 4.43. The Morgan fingerprint density at radius 3 is 2.69 bits per heavy atom. The monoisotopic (exact) mass is 394 g/mol. The van der Waals surface area contributed by atoms with Crippen LogP contribution in [0.3, 0.4) is 0 Å². The van der Waals surface area contributed by atoms with Gasteiger partial charge in [-0.05, 0) is 31.2 Å². The van der Waals surface area contributed by atoms with E-state index in [0.717, 1.165) is 0 Å². The standard InChI is InChI=1S/C21H19FN4O3/c1-13-10-17(26-21(24-13)23-12-14-4-2-3-5-16(14)22)20(27)25-15-6-7-18-19(11-15)29-9-8-28-18/h2-7,10-11H,8-9,12H2,1H3,(H,25,27)(H,23,24,26). The maximum atomic E-state index is 13.8. The highest BCUT2D eigenvalue weighted by molar-refractivity contribution is 6.03. The number of aryl methyl sites for hydroxylation is 1. The van der Waals surface area contributed by atoms with Crippen LogP contribution in [0.25, 0.3) is 0 Å². The molecule has 2 N–H and O–H groups in total. The van der Waals surface area contributed by atoms with Gasteiger partial charge in [-0.2, -0.15) is 0 Å². The number of halogens is 1. The third-order valence-electron chi connectivity index (χ3n) is 4.28. The molecule has 0 fully saturated rings. The predicted molar refractivity (Wildman–Crippen MR) is 106 cm³/mol. The predicted octanol–water partition coefficient (Wildman–Crippen LogP) is 3.56. The number of fused-ring (bicyclic) bond motifs is 1. The molecule has 7 nitrogen and oxygen atoms in total. The minimum Gasteiger partial charge on any atom is -0.486 e. The molecule has 2 heterocycles. The summed E-state index contributed by atoms with van der Waals surface area (Å²) in [6.45, 7) is 2.93. The van der Waals surface area contributed by atoms with Gasteiger partial charge in [0.25, 0.3) is 5.91 Å². The SMILES string of the molecule is Cc1cc(C(=O)Nc2ccc3c(c2)OCCO3)nc(NCc2ccccc2F)n1. The molecule has 1 aromatic heterocycles. The minimum atomic E-state index is -0.388. The van der Waals surface area contributed by atoms with E-state index in [0.29, 0.717) is 41.7 Å². The van der Waals surface area contributed by atoms with Gasteiger partial charge in [-0.1, -0.05) is 18.2 Å². The highest BCUT2D eigenvalue weighted by Gasteiger charge is 2.15. The van der Waals surface area contributed by atoms with Crippen molar-refractivity contribution in [3.63, 3.8) is 0 Å². The van der Waals surface area contributed by atoms with E-state index in [4.69, 9.17) is 9.47 Å². The summed E-state index contributed by atoms with van der Waals surface area (Å²) in [4.78, 5) is 21.2. The first-order chi connectivity index (χ1) is 14.1. The van der Waals surface area contributed by atoms with Crippen LogP contribution in [0.4, 0.5) is 16.0 Å². The number of hydrogen-bond acceptors (Lipinski definition) is 6. The third-order valence-corrected chi connectivity index (χ3v) is 4.28. The summed E-state index contributed by atoms with van der Waals surface area (Å²) in [6.07, 6.45) is 0. The van der Waals surface area contributed by atoms with Gasteiger partial charge in [0.1, 0.15) is 24.7 Å². The first-order valence-corrected chi connectivity index (χ1v) is 9.12. The van der Waals surface area contributed by atoms with E-state index < -0.39 is 0 Å². The average Bonchev–Trinajstić information content (AvgIpc) is 2.73. The van der Waals surface area contributed by atoms with Gasteiger partial charge in [-0.25, -0.2) is 14.4 Å². The number of ether oxygens (including phenoxy) is 2. The molecule has 1 aliphatic heterocycles. The van der Waals surface area contributed by atoms with E-state index in [2.05, 4.69) is 20.6 Å². The second-order valence-corrected chi connectivity index (χ2v) is 6.48. The van der Waals surface area contributed by atoms with Gasteiger partial charge >= 0.3 is 0 Å². The van der Waals surface area contributed by atoms with Crippen LogP contribution in [0, 0.1) is 12.7 Å². The fourth-order valence-corrected chi connectivity index (χ4v) is 2.90. The van der Waals surface area contributed by atoms with Crippen molar-refractivity contribution in [2.45, 2.75) is 13.5 Å². The van der Waals surface area contributed by atoms with Crippen molar-refractivity contribution in [1.29, 1.82) is 0 Å². The summed E-state index contributed by atoms with van der Waals surface area (Å²) >= 11 is 0. The lowest BCUT2D eigenvalue weighted by atomic mass is 10.2. The maximum Gasteiger partial charge on any atom is 0.274 e. The first-order valence-electron chi connectivity index (χ1n) is 9.12. The molecular formula is C21H19FN4O3. The zero-order valence-corrected chi connectivity index (χ0v) is 15.7. The van der Waals surface area contributed by atoms with Crippen molar-refractivity contribution >= 4 is 17.5 Å². The fraction of sp³-hybridized carbons (Fsp3) is 0.190. The topological polar surface area (TPSA) is 85.4 Å². The van der Waals surface area contributed by atoms with Crippen molar-refractivity contribution in [2.24, 2.45) is 0 Å². The molecular weight excluding hydrogens is 375 g/mol. The molecule has 3 aromatic rings. The van der Waals surface area contributed by atoms with Crippen LogP contribution in [-0.2, 0) is 6.54 Å². The smallest absolute Gasteiger partial charge is 0.274 e. The van der Waals surface area contributed by atoms with Crippen molar-refractivity contribution in [3.05, 3.63) is 71.3 Å². The van der Waals surface area contributed by atoms with Crippen LogP contribution >= 0.6 is 0 Å². The van der Waals surface area contributed by atoms with Crippen molar-refractivity contribution in [2.75, 3.05) is 23.8 Å². The Balaban J connectivity index is 1.48. The summed E-state index contributed by atoms with van der Waals surface area (Å²) < 4.78 is 24.8. The van der Waals surface area contributed by atoms with E-state index in [1.807, 2.05) is 0 Å². The largest absolute Gasteiger partial charge is 0.486 e. The molecule has 0 unspecified atom stereocenters. The summed E-state index contributed by atoms with van der Waals surface area (Å²) in [5.74, 6) is 0.776. The molecule has 29 heavy (non-hydrogen) atoms. The molecule has 0 bridgehead atoms. The van der Waals surface area contributed by atoms with Crippen molar-refractivity contribution in [3.8, 4) is 11.5 Å². The fourth-order valence-electron chi connectivity index (χ4n) is 2.90. The van der Waals surface area contributed by atoms with Gasteiger partial charge < -0.3 is 20.1 Å². The molecule has 8 heteroatoms. The molecule has 0 atom stereocenters. The Morgan fingerprint density at radius 1 is 1.07 bits per heavy atom. The van der Waals surface area contributed by atoms with Gasteiger partial charge in [0.2, 0.25) is 5.95 Å². The zero-order valence-electron chi connectivity index (χ0n) is 15.7. The van der Waals surface area contributed by atoms with E-state index in [1.54, 1.807) is 49.4 Å². The Labute approximate surface area is 166 Å². The number of nitrogens with zero attached hydrogens (tertiary/aromatic N) is 2. The Morgan fingerprint density at radius 2 is 1.86 bits per heavy atom. The lowest BCUT2D eigenvalue weighted by molar-refractivity contribution is 0.102. The Kier molecular flexibility index (Phi) is 5.24. The van der Waals surface area contributed by atoms with Crippen LogP contribution in [0.2, 0.25) is 0 Å². The maximum absolute atomic E-state index is 13.8. The highest BCUT2D eigenvalue weighted by Crippen LogP contribution is 2.32. The molecule has 1 aliphatic rings. The van der Waals surface area contributed by atoms with E-state index in [1.165, 1.54) is 6.07 Å². The summed E-state index contributed by atoms with van der Waals surface area (Å²) in [6, 6.07) is 13.2. The number of rotatable bonds is 5. The van der Waals surface area contributed by atoms with Gasteiger partial charge in [-0.15, -0.1) is 0 Å². The number of hydrogen-bond donors (Lipinski definition) is 2. The molecule has 0 radical (unpaired) electrons. The van der Waals surface area contributed by atoms with Gasteiger partial charge in [0.15, 0.2) is 11.5 Å². The quantitative estimate of drug-likeness (QED) is 0.688.